The lowest BCUT2D eigenvalue weighted by Gasteiger charge is -2.35. The topological polar surface area (TPSA) is 3.24 Å². The van der Waals surface area contributed by atoms with Gasteiger partial charge in [-0.15, -0.1) is 11.3 Å². The Kier molecular flexibility index (Phi) is 10.5. The Morgan fingerprint density at radius 1 is 0.370 bits per heavy atom. The maximum atomic E-state index is 2.55. The minimum absolute atomic E-state index is 0.0274. The van der Waals surface area contributed by atoms with E-state index >= 15 is 0 Å². The molecule has 11 aromatic carbocycles. The van der Waals surface area contributed by atoms with Crippen molar-refractivity contribution in [1.82, 2.24) is 0 Å². The highest BCUT2D eigenvalue weighted by atomic mass is 32.1. The minimum atomic E-state index is -0.569. The SMILES string of the molecule is CC(C)(C)c1ccc(C2(c3ccc(C(C)(C)C)cc3)c3ccccc3-c3c(N(c4ccc(-c5ccc6cc(-c7ccc8ccccc8c7)ccc6c5)cc4)c4cccc5c4sc4ccccc45)cccc32)cc1. The first-order chi connectivity index (χ1) is 35.4. The number of rotatable bonds is 7. The molecule has 0 radical (unpaired) electrons. The van der Waals surface area contributed by atoms with Crippen LogP contribution in [0.1, 0.15) is 74.9 Å². The second-order valence-electron chi connectivity index (χ2n) is 22.1. The van der Waals surface area contributed by atoms with Crippen LogP contribution in [0.4, 0.5) is 17.1 Å². The van der Waals surface area contributed by atoms with E-state index in [1.54, 1.807) is 0 Å². The van der Waals surface area contributed by atoms with Crippen LogP contribution in [0.2, 0.25) is 0 Å². The van der Waals surface area contributed by atoms with Crippen LogP contribution in [0.3, 0.4) is 0 Å². The van der Waals surface area contributed by atoms with Gasteiger partial charge in [0, 0.05) is 26.7 Å². The molecule has 0 bridgehead atoms. The molecule has 0 fully saturated rings. The summed E-state index contributed by atoms with van der Waals surface area (Å²) >= 11 is 1.88. The molecule has 1 aromatic heterocycles. The van der Waals surface area contributed by atoms with Gasteiger partial charge < -0.3 is 4.90 Å². The molecule has 1 aliphatic carbocycles. The van der Waals surface area contributed by atoms with Crippen LogP contribution in [0.15, 0.2) is 237 Å². The Morgan fingerprint density at radius 2 is 0.849 bits per heavy atom. The maximum Gasteiger partial charge on any atom is 0.0714 e. The number of hydrogen-bond donors (Lipinski definition) is 0. The molecule has 0 atom stereocenters. The minimum Gasteiger partial charge on any atom is -0.308 e. The molecule has 352 valence electrons. The van der Waals surface area contributed by atoms with E-state index < -0.39 is 5.41 Å². The fourth-order valence-electron chi connectivity index (χ4n) is 11.8. The number of hydrogen-bond acceptors (Lipinski definition) is 2. The van der Waals surface area contributed by atoms with Gasteiger partial charge in [0.15, 0.2) is 0 Å². The van der Waals surface area contributed by atoms with Gasteiger partial charge in [0.2, 0.25) is 0 Å². The van der Waals surface area contributed by atoms with Crippen molar-refractivity contribution < 1.29 is 0 Å². The molecule has 0 amide bonds. The highest BCUT2D eigenvalue weighted by molar-refractivity contribution is 7.26. The van der Waals surface area contributed by atoms with Gasteiger partial charge in [0.25, 0.3) is 0 Å². The molecule has 0 unspecified atom stereocenters. The van der Waals surface area contributed by atoms with Crippen LogP contribution in [0, 0.1) is 0 Å². The zero-order valence-electron chi connectivity index (χ0n) is 42.4. The molecular formula is C71H57NS. The number of benzene rings is 11. The van der Waals surface area contributed by atoms with Crippen molar-refractivity contribution in [3.63, 3.8) is 0 Å². The first-order valence-electron chi connectivity index (χ1n) is 25.7. The monoisotopic (exact) mass is 955 g/mol. The van der Waals surface area contributed by atoms with E-state index in [1.807, 2.05) is 11.3 Å². The van der Waals surface area contributed by atoms with Crippen molar-refractivity contribution in [2.75, 3.05) is 4.90 Å². The summed E-state index contributed by atoms with van der Waals surface area (Å²) < 4.78 is 2.57. The number of thiophene rings is 1. The van der Waals surface area contributed by atoms with Gasteiger partial charge in [-0.05, 0) is 142 Å². The highest BCUT2D eigenvalue weighted by Crippen LogP contribution is 2.60. The molecule has 0 N–H and O–H groups in total. The zero-order chi connectivity index (χ0) is 49.6. The first-order valence-corrected chi connectivity index (χ1v) is 26.5. The highest BCUT2D eigenvalue weighted by Gasteiger charge is 2.47. The number of nitrogens with zero attached hydrogens (tertiary/aromatic N) is 1. The molecule has 1 heterocycles. The fourth-order valence-corrected chi connectivity index (χ4v) is 13.0. The number of anilines is 3. The molecule has 0 saturated carbocycles. The summed E-state index contributed by atoms with van der Waals surface area (Å²) in [5, 5.41) is 7.56. The Morgan fingerprint density at radius 3 is 1.49 bits per heavy atom. The van der Waals surface area contributed by atoms with Gasteiger partial charge in [0.1, 0.15) is 0 Å². The maximum absolute atomic E-state index is 2.55. The molecule has 73 heavy (non-hydrogen) atoms. The molecule has 0 saturated heterocycles. The second-order valence-corrected chi connectivity index (χ2v) is 23.2. The first kappa shape index (κ1) is 44.9. The van der Waals surface area contributed by atoms with Gasteiger partial charge in [-0.1, -0.05) is 230 Å². The molecule has 2 heteroatoms. The lowest BCUT2D eigenvalue weighted by atomic mass is 9.67. The van der Waals surface area contributed by atoms with Crippen molar-refractivity contribution in [2.24, 2.45) is 0 Å². The average Bonchev–Trinajstić information content (AvgIpc) is 3.96. The quantitative estimate of drug-likeness (QED) is 0.154. The summed E-state index contributed by atoms with van der Waals surface area (Å²) in [5.74, 6) is 0. The molecule has 0 aliphatic heterocycles. The Bertz CT molecular complexity index is 4030. The largest absolute Gasteiger partial charge is 0.308 e. The molecular weight excluding hydrogens is 899 g/mol. The molecule has 1 aliphatic rings. The third kappa shape index (κ3) is 7.42. The van der Waals surface area contributed by atoms with Gasteiger partial charge >= 0.3 is 0 Å². The van der Waals surface area contributed by atoms with Crippen molar-refractivity contribution in [2.45, 2.75) is 57.8 Å². The van der Waals surface area contributed by atoms with Crippen LogP contribution in [-0.4, -0.2) is 0 Å². The van der Waals surface area contributed by atoms with Crippen LogP contribution in [0.5, 0.6) is 0 Å². The van der Waals surface area contributed by atoms with Crippen molar-refractivity contribution in [3.05, 3.63) is 270 Å². The Hall–Kier alpha value is -8.04. The summed E-state index contributed by atoms with van der Waals surface area (Å²) in [6.07, 6.45) is 0. The van der Waals surface area contributed by atoms with Crippen LogP contribution in [-0.2, 0) is 16.2 Å². The molecule has 13 rings (SSSR count). The standard InChI is InChI=1S/C71H57NS/c1-69(2,3)54-33-37-56(38-34-54)71(57-39-35-55(36-40-57)70(4,5)6)62-20-11-9-18-61(62)67-63(71)21-14-22-64(67)72(65-23-13-19-60-59-17-10-12-24-66(59)73-68(60)65)58-41-31-47(32-42-58)49-27-28-52-45-53(30-29-51(52)44-49)50-26-25-46-15-7-8-16-48(46)43-50/h7-45H,1-6H3. The van der Waals surface area contributed by atoms with Gasteiger partial charge in [0.05, 0.1) is 21.5 Å². The van der Waals surface area contributed by atoms with E-state index in [9.17, 15) is 0 Å². The Balaban J connectivity index is 0.986. The van der Waals surface area contributed by atoms with E-state index in [-0.39, 0.29) is 10.8 Å². The van der Waals surface area contributed by atoms with Crippen LogP contribution < -0.4 is 4.90 Å². The van der Waals surface area contributed by atoms with E-state index in [2.05, 4.69) is 283 Å². The number of fused-ring (bicyclic) bond motifs is 8. The van der Waals surface area contributed by atoms with Gasteiger partial charge in [-0.25, -0.2) is 0 Å². The molecule has 0 spiro atoms. The van der Waals surface area contributed by atoms with E-state index in [1.165, 1.54) is 114 Å². The summed E-state index contributed by atoms with van der Waals surface area (Å²) in [6.45, 7) is 13.8. The molecule has 12 aromatic rings. The van der Waals surface area contributed by atoms with Crippen molar-refractivity contribution >= 4 is 70.1 Å². The second kappa shape index (κ2) is 17.0. The van der Waals surface area contributed by atoms with E-state index in [4.69, 9.17) is 0 Å². The normalized spacial score (nSPS) is 13.2. The van der Waals surface area contributed by atoms with Crippen LogP contribution >= 0.6 is 11.3 Å². The zero-order valence-corrected chi connectivity index (χ0v) is 43.2. The van der Waals surface area contributed by atoms with Crippen LogP contribution in [0.25, 0.3) is 75.1 Å². The fraction of sp³-hybridized carbons (Fsp3) is 0.127. The summed E-state index contributed by atoms with van der Waals surface area (Å²) in [6, 6.07) is 89.4. The van der Waals surface area contributed by atoms with Gasteiger partial charge in [-0.3, -0.25) is 0 Å². The van der Waals surface area contributed by atoms with Crippen molar-refractivity contribution in [1.29, 1.82) is 0 Å². The van der Waals surface area contributed by atoms with E-state index in [0.717, 1.165) is 11.4 Å². The lowest BCUT2D eigenvalue weighted by Crippen LogP contribution is -2.29. The van der Waals surface area contributed by atoms with Gasteiger partial charge in [-0.2, -0.15) is 0 Å². The third-order valence-electron chi connectivity index (χ3n) is 15.7. The average molecular weight is 956 g/mol. The summed E-state index contributed by atoms with van der Waals surface area (Å²) in [7, 11) is 0. The summed E-state index contributed by atoms with van der Waals surface area (Å²) in [5.41, 5.74) is 18.1. The smallest absolute Gasteiger partial charge is 0.0714 e. The van der Waals surface area contributed by atoms with E-state index in [0.29, 0.717) is 0 Å². The Labute approximate surface area is 433 Å². The third-order valence-corrected chi connectivity index (χ3v) is 16.9. The summed E-state index contributed by atoms with van der Waals surface area (Å²) in [4.78, 5) is 2.55. The predicted octanol–water partition coefficient (Wildman–Crippen LogP) is 20.1. The molecule has 1 nitrogen and oxygen atoms in total. The predicted molar refractivity (Wildman–Crippen MR) is 315 cm³/mol. The van der Waals surface area contributed by atoms with Crippen molar-refractivity contribution in [3.8, 4) is 33.4 Å². The lowest BCUT2D eigenvalue weighted by molar-refractivity contribution is 0.588.